The van der Waals surface area contributed by atoms with Crippen molar-refractivity contribution in [3.8, 4) is 5.75 Å². The number of hydrogen-bond donors (Lipinski definition) is 4. The molecule has 1 saturated heterocycles. The number of anilines is 1. The number of allylic oxidation sites excluding steroid dienone is 1. The Kier molecular flexibility index (Phi) is 7.46. The zero-order chi connectivity index (χ0) is 26.2. The Balaban J connectivity index is 1.48. The maximum absolute atomic E-state index is 13.4. The molecular formula is C27H38ClN5O3. The molecule has 196 valence electrons. The van der Waals surface area contributed by atoms with Crippen molar-refractivity contribution in [2.75, 3.05) is 25.0 Å². The first kappa shape index (κ1) is 26.2. The van der Waals surface area contributed by atoms with Gasteiger partial charge in [0.05, 0.1) is 18.3 Å². The van der Waals surface area contributed by atoms with Crippen molar-refractivity contribution in [1.29, 1.82) is 0 Å². The van der Waals surface area contributed by atoms with E-state index in [2.05, 4.69) is 48.2 Å². The molecule has 2 heterocycles. The summed E-state index contributed by atoms with van der Waals surface area (Å²) in [5.41, 5.74) is 2.91. The summed E-state index contributed by atoms with van der Waals surface area (Å²) in [6, 6.07) is 3.70. The SMILES string of the molecule is C=CC(=O)N1CC(NC(=O)C2=C(C)NC(CNc3cc(C(C)(C)C)c(Cl)cc3O)N2C2CCCC2)C1. The highest BCUT2D eigenvalue weighted by atomic mass is 35.5. The van der Waals surface area contributed by atoms with E-state index in [1.54, 1.807) is 11.0 Å². The van der Waals surface area contributed by atoms with Crippen LogP contribution >= 0.6 is 11.6 Å². The lowest BCUT2D eigenvalue weighted by Crippen LogP contribution is -2.61. The molecule has 1 saturated carbocycles. The quantitative estimate of drug-likeness (QED) is 0.327. The molecule has 2 fully saturated rings. The van der Waals surface area contributed by atoms with Crippen molar-refractivity contribution in [3.05, 3.63) is 46.8 Å². The van der Waals surface area contributed by atoms with Gasteiger partial charge in [-0.1, -0.05) is 51.8 Å². The van der Waals surface area contributed by atoms with Crippen LogP contribution in [0.3, 0.4) is 0 Å². The minimum absolute atomic E-state index is 0.0638. The summed E-state index contributed by atoms with van der Waals surface area (Å²) < 4.78 is 0. The first-order chi connectivity index (χ1) is 17.0. The molecule has 1 unspecified atom stereocenters. The Bertz CT molecular complexity index is 1070. The van der Waals surface area contributed by atoms with E-state index in [1.807, 2.05) is 13.0 Å². The van der Waals surface area contributed by atoms with Crippen LogP contribution in [0.1, 0.15) is 58.9 Å². The Morgan fingerprint density at radius 2 is 1.92 bits per heavy atom. The van der Waals surface area contributed by atoms with Crippen LogP contribution in [0, 0.1) is 0 Å². The molecule has 1 aliphatic carbocycles. The van der Waals surface area contributed by atoms with E-state index >= 15 is 0 Å². The summed E-state index contributed by atoms with van der Waals surface area (Å²) in [6.07, 6.45) is 5.52. The predicted molar refractivity (Wildman–Crippen MR) is 143 cm³/mol. The minimum Gasteiger partial charge on any atom is -0.506 e. The molecule has 0 bridgehead atoms. The lowest BCUT2D eigenvalue weighted by molar-refractivity contribution is -0.133. The number of carbonyl (C=O) groups excluding carboxylic acids is 2. The van der Waals surface area contributed by atoms with Crippen LogP contribution in [0.4, 0.5) is 5.69 Å². The van der Waals surface area contributed by atoms with E-state index < -0.39 is 0 Å². The Hall–Kier alpha value is -2.87. The zero-order valence-electron chi connectivity index (χ0n) is 21.7. The summed E-state index contributed by atoms with van der Waals surface area (Å²) in [5, 5.41) is 21.1. The van der Waals surface area contributed by atoms with E-state index in [9.17, 15) is 14.7 Å². The summed E-state index contributed by atoms with van der Waals surface area (Å²) in [7, 11) is 0. The highest BCUT2D eigenvalue weighted by molar-refractivity contribution is 6.31. The molecule has 2 amide bonds. The van der Waals surface area contributed by atoms with Crippen LogP contribution in [-0.2, 0) is 15.0 Å². The van der Waals surface area contributed by atoms with Crippen LogP contribution in [0.2, 0.25) is 5.02 Å². The van der Waals surface area contributed by atoms with Gasteiger partial charge in [0.2, 0.25) is 5.91 Å². The van der Waals surface area contributed by atoms with Gasteiger partial charge in [0.15, 0.2) is 0 Å². The number of carbonyl (C=O) groups is 2. The van der Waals surface area contributed by atoms with Crippen molar-refractivity contribution >= 4 is 29.1 Å². The normalized spacial score (nSPS) is 20.9. The average Bonchev–Trinajstić information content (AvgIpc) is 3.41. The van der Waals surface area contributed by atoms with Crippen LogP contribution in [0.5, 0.6) is 5.75 Å². The zero-order valence-corrected chi connectivity index (χ0v) is 22.4. The number of aromatic hydroxyl groups is 1. The largest absolute Gasteiger partial charge is 0.506 e. The maximum atomic E-state index is 13.4. The molecule has 2 aliphatic heterocycles. The van der Waals surface area contributed by atoms with E-state index in [1.165, 1.54) is 6.08 Å². The molecule has 1 aromatic rings. The number of benzene rings is 1. The minimum atomic E-state index is -0.167. The van der Waals surface area contributed by atoms with Crippen molar-refractivity contribution in [2.24, 2.45) is 0 Å². The number of nitrogens with one attached hydrogen (secondary N) is 3. The molecule has 3 aliphatic rings. The summed E-state index contributed by atoms with van der Waals surface area (Å²) >= 11 is 6.40. The standard InChI is InChI=1S/C27H38ClN5O3/c1-6-24(35)32-14-17(15-32)31-26(36)25-16(2)30-23(33(25)18-9-7-8-10-18)13-29-21-11-19(27(3,4)5)20(28)12-22(21)34/h6,11-12,17-18,23,29-30,34H,1,7-10,13-15H2,2-5H3,(H,31,36). The van der Waals surface area contributed by atoms with Crippen molar-refractivity contribution in [3.63, 3.8) is 0 Å². The molecule has 4 N–H and O–H groups in total. The summed E-state index contributed by atoms with van der Waals surface area (Å²) in [6.45, 7) is 13.2. The third-order valence-corrected chi connectivity index (χ3v) is 7.66. The van der Waals surface area contributed by atoms with Gasteiger partial charge in [-0.15, -0.1) is 0 Å². The van der Waals surface area contributed by atoms with E-state index in [4.69, 9.17) is 11.6 Å². The molecular weight excluding hydrogens is 478 g/mol. The first-order valence-corrected chi connectivity index (χ1v) is 13.1. The average molecular weight is 516 g/mol. The molecule has 4 rings (SSSR count). The van der Waals surface area contributed by atoms with Crippen LogP contribution in [0.15, 0.2) is 36.2 Å². The van der Waals surface area contributed by atoms with Crippen LogP contribution in [0.25, 0.3) is 0 Å². The van der Waals surface area contributed by atoms with Gasteiger partial charge >= 0.3 is 0 Å². The van der Waals surface area contributed by atoms with E-state index in [0.717, 1.165) is 36.9 Å². The van der Waals surface area contributed by atoms with E-state index in [0.29, 0.717) is 36.0 Å². The van der Waals surface area contributed by atoms with Crippen molar-refractivity contribution < 1.29 is 14.7 Å². The Morgan fingerprint density at radius 1 is 1.25 bits per heavy atom. The number of nitrogens with zero attached hydrogens (tertiary/aromatic N) is 2. The number of phenols is 1. The van der Waals surface area contributed by atoms with Gasteiger partial charge in [-0.05, 0) is 42.9 Å². The van der Waals surface area contributed by atoms with Crippen molar-refractivity contribution in [1.82, 2.24) is 20.4 Å². The van der Waals surface area contributed by atoms with Gasteiger partial charge in [0.1, 0.15) is 17.6 Å². The third kappa shape index (κ3) is 5.28. The third-order valence-electron chi connectivity index (χ3n) is 7.35. The van der Waals surface area contributed by atoms with Gasteiger partial charge in [-0.2, -0.15) is 0 Å². The molecule has 1 atom stereocenters. The second kappa shape index (κ2) is 10.2. The molecule has 0 spiro atoms. The number of rotatable bonds is 7. The fourth-order valence-corrected chi connectivity index (χ4v) is 5.85. The van der Waals surface area contributed by atoms with Gasteiger partial charge in [-0.25, -0.2) is 0 Å². The van der Waals surface area contributed by atoms with Gasteiger partial charge in [0.25, 0.3) is 5.91 Å². The fourth-order valence-electron chi connectivity index (χ4n) is 5.41. The summed E-state index contributed by atoms with van der Waals surface area (Å²) in [4.78, 5) is 29.0. The van der Waals surface area contributed by atoms with Gasteiger partial charge in [-0.3, -0.25) is 9.59 Å². The van der Waals surface area contributed by atoms with Crippen molar-refractivity contribution in [2.45, 2.75) is 77.0 Å². The number of halogens is 1. The Morgan fingerprint density at radius 3 is 2.53 bits per heavy atom. The second-order valence-corrected chi connectivity index (χ2v) is 11.5. The lowest BCUT2D eigenvalue weighted by atomic mass is 9.86. The smallest absolute Gasteiger partial charge is 0.269 e. The summed E-state index contributed by atoms with van der Waals surface area (Å²) in [5.74, 6) is -0.128. The Labute approximate surface area is 218 Å². The first-order valence-electron chi connectivity index (χ1n) is 12.7. The topological polar surface area (TPSA) is 96.9 Å². The molecule has 0 aromatic heterocycles. The highest BCUT2D eigenvalue weighted by Gasteiger charge is 2.40. The predicted octanol–water partition coefficient (Wildman–Crippen LogP) is 3.67. The van der Waals surface area contributed by atoms with Gasteiger partial charge < -0.3 is 30.9 Å². The molecule has 8 nitrogen and oxygen atoms in total. The molecule has 9 heteroatoms. The molecule has 36 heavy (non-hydrogen) atoms. The maximum Gasteiger partial charge on any atom is 0.269 e. The number of amides is 2. The van der Waals surface area contributed by atoms with Gasteiger partial charge in [0, 0.05) is 35.9 Å². The van der Waals surface area contributed by atoms with Crippen LogP contribution < -0.4 is 16.0 Å². The number of likely N-dealkylation sites (tertiary alicyclic amines) is 1. The number of hydrogen-bond acceptors (Lipinski definition) is 6. The second-order valence-electron chi connectivity index (χ2n) is 11.1. The fraction of sp³-hybridized carbons (Fsp3) is 0.556. The van der Waals surface area contributed by atoms with E-state index in [-0.39, 0.29) is 41.2 Å². The molecule has 0 radical (unpaired) electrons. The molecule has 1 aromatic carbocycles. The number of phenolic OH excluding ortho intramolecular Hbond substituents is 1. The lowest BCUT2D eigenvalue weighted by Gasteiger charge is -2.40. The highest BCUT2D eigenvalue weighted by Crippen LogP contribution is 2.38. The monoisotopic (exact) mass is 515 g/mol. The van der Waals surface area contributed by atoms with Crippen LogP contribution in [-0.4, -0.2) is 64.6 Å².